The number of benzene rings is 3. The molecule has 1 amide bonds. The molecule has 3 rings (SSSR count). The molecule has 0 unspecified atom stereocenters. The molecule has 1 N–H and O–H groups in total. The first-order chi connectivity index (χ1) is 13.1. The number of carbonyl (C=O) groups excluding carboxylic acids is 1. The maximum absolute atomic E-state index is 12.9. The van der Waals surface area contributed by atoms with Crippen LogP contribution in [-0.4, -0.2) is 19.1 Å². The summed E-state index contributed by atoms with van der Waals surface area (Å²) in [6.45, 7) is 4.99. The van der Waals surface area contributed by atoms with Crippen molar-refractivity contribution >= 4 is 5.91 Å². The minimum Gasteiger partial charge on any atom is -0.492 e. The summed E-state index contributed by atoms with van der Waals surface area (Å²) in [6.07, 6.45) is 0. The van der Waals surface area contributed by atoms with Crippen LogP contribution in [-0.2, 0) is 4.79 Å². The van der Waals surface area contributed by atoms with Gasteiger partial charge in [0.15, 0.2) is 0 Å². The van der Waals surface area contributed by atoms with Gasteiger partial charge in [0.05, 0.1) is 12.5 Å². The predicted molar refractivity (Wildman–Crippen MR) is 109 cm³/mol. The minimum atomic E-state index is -0.325. The smallest absolute Gasteiger partial charge is 0.232 e. The number of aryl methyl sites for hydroxylation is 2. The maximum atomic E-state index is 12.9. The van der Waals surface area contributed by atoms with Crippen LogP contribution in [0.2, 0.25) is 0 Å². The fourth-order valence-corrected chi connectivity index (χ4v) is 3.25. The highest BCUT2D eigenvalue weighted by Gasteiger charge is 2.21. The molecule has 0 bridgehead atoms. The standard InChI is InChI=1S/C24H25NO2/c1-18-15-19(2)17-22(16-18)27-14-13-25-24(26)23(20-9-5-3-6-10-20)21-11-7-4-8-12-21/h3-12,15-17,23H,13-14H2,1-2H3,(H,25,26). The van der Waals surface area contributed by atoms with Crippen LogP contribution in [0.25, 0.3) is 0 Å². The summed E-state index contributed by atoms with van der Waals surface area (Å²) in [5.41, 5.74) is 4.30. The molecule has 0 spiro atoms. The summed E-state index contributed by atoms with van der Waals surface area (Å²) in [4.78, 5) is 12.9. The van der Waals surface area contributed by atoms with Crippen molar-refractivity contribution in [1.29, 1.82) is 0 Å². The second-order valence-corrected chi connectivity index (χ2v) is 6.72. The molecule has 0 aliphatic carbocycles. The minimum absolute atomic E-state index is 0.0172. The van der Waals surface area contributed by atoms with Crippen LogP contribution in [0.4, 0.5) is 0 Å². The fourth-order valence-electron chi connectivity index (χ4n) is 3.25. The summed E-state index contributed by atoms with van der Waals surface area (Å²) >= 11 is 0. The van der Waals surface area contributed by atoms with Crippen molar-refractivity contribution in [1.82, 2.24) is 5.32 Å². The highest BCUT2D eigenvalue weighted by Crippen LogP contribution is 2.24. The first-order valence-electron chi connectivity index (χ1n) is 9.22. The predicted octanol–water partition coefficient (Wildman–Crippen LogP) is 4.63. The molecule has 0 heterocycles. The van der Waals surface area contributed by atoms with Crippen LogP contribution in [0.3, 0.4) is 0 Å². The van der Waals surface area contributed by atoms with Crippen molar-refractivity contribution < 1.29 is 9.53 Å². The molecule has 3 heteroatoms. The number of amides is 1. The molecule has 0 saturated heterocycles. The van der Waals surface area contributed by atoms with Crippen molar-refractivity contribution in [2.45, 2.75) is 19.8 Å². The van der Waals surface area contributed by atoms with E-state index in [0.29, 0.717) is 13.2 Å². The summed E-state index contributed by atoms with van der Waals surface area (Å²) in [6, 6.07) is 25.8. The molecular formula is C24H25NO2. The van der Waals surface area contributed by atoms with Gasteiger partial charge in [0.25, 0.3) is 0 Å². The molecule has 0 aliphatic heterocycles. The lowest BCUT2D eigenvalue weighted by atomic mass is 9.90. The number of carbonyl (C=O) groups is 1. The quantitative estimate of drug-likeness (QED) is 0.625. The lowest BCUT2D eigenvalue weighted by Crippen LogP contribution is -2.33. The highest BCUT2D eigenvalue weighted by molar-refractivity contribution is 5.87. The summed E-state index contributed by atoms with van der Waals surface area (Å²) in [7, 11) is 0. The van der Waals surface area contributed by atoms with Gasteiger partial charge >= 0.3 is 0 Å². The monoisotopic (exact) mass is 359 g/mol. The number of nitrogens with one attached hydrogen (secondary N) is 1. The Morgan fingerprint density at radius 3 is 1.89 bits per heavy atom. The molecule has 0 aromatic heterocycles. The molecule has 0 atom stereocenters. The van der Waals surface area contributed by atoms with Gasteiger partial charge in [0.1, 0.15) is 12.4 Å². The van der Waals surface area contributed by atoms with Crippen LogP contribution in [0.15, 0.2) is 78.9 Å². The summed E-state index contributed by atoms with van der Waals surface area (Å²) < 4.78 is 5.79. The van der Waals surface area contributed by atoms with E-state index in [-0.39, 0.29) is 11.8 Å². The third-order valence-electron chi connectivity index (χ3n) is 4.39. The Bertz CT molecular complexity index is 816. The number of hydrogen-bond donors (Lipinski definition) is 1. The van der Waals surface area contributed by atoms with Gasteiger partial charge in [-0.3, -0.25) is 4.79 Å². The Balaban J connectivity index is 1.63. The molecule has 0 radical (unpaired) electrons. The van der Waals surface area contributed by atoms with E-state index < -0.39 is 0 Å². The fraction of sp³-hybridized carbons (Fsp3) is 0.208. The van der Waals surface area contributed by atoms with Crippen LogP contribution in [0, 0.1) is 13.8 Å². The van der Waals surface area contributed by atoms with Gasteiger partial charge in [0, 0.05) is 0 Å². The van der Waals surface area contributed by atoms with E-state index >= 15 is 0 Å². The average molecular weight is 359 g/mol. The summed E-state index contributed by atoms with van der Waals surface area (Å²) in [5.74, 6) is 0.495. The normalized spacial score (nSPS) is 10.6. The van der Waals surface area contributed by atoms with Crippen LogP contribution in [0.5, 0.6) is 5.75 Å². The Morgan fingerprint density at radius 1 is 0.852 bits per heavy atom. The Labute approximate surface area is 161 Å². The molecular weight excluding hydrogens is 334 g/mol. The summed E-state index contributed by atoms with van der Waals surface area (Å²) in [5, 5.41) is 3.02. The number of ether oxygens (including phenoxy) is 1. The third kappa shape index (κ3) is 5.20. The van der Waals surface area contributed by atoms with E-state index in [1.165, 1.54) is 11.1 Å². The van der Waals surface area contributed by atoms with Crippen LogP contribution in [0.1, 0.15) is 28.2 Å². The topological polar surface area (TPSA) is 38.3 Å². The largest absolute Gasteiger partial charge is 0.492 e. The molecule has 3 aromatic rings. The van der Waals surface area contributed by atoms with E-state index in [2.05, 4.69) is 11.4 Å². The number of rotatable bonds is 7. The Morgan fingerprint density at radius 2 is 1.37 bits per heavy atom. The van der Waals surface area contributed by atoms with Crippen molar-refractivity contribution in [3.63, 3.8) is 0 Å². The van der Waals surface area contributed by atoms with Gasteiger partial charge in [-0.15, -0.1) is 0 Å². The van der Waals surface area contributed by atoms with Gasteiger partial charge < -0.3 is 10.1 Å². The third-order valence-corrected chi connectivity index (χ3v) is 4.39. The van der Waals surface area contributed by atoms with Crippen LogP contribution < -0.4 is 10.1 Å². The molecule has 3 nitrogen and oxygen atoms in total. The van der Waals surface area contributed by atoms with E-state index in [9.17, 15) is 4.79 Å². The molecule has 138 valence electrons. The van der Waals surface area contributed by atoms with Gasteiger partial charge in [-0.05, 0) is 48.2 Å². The van der Waals surface area contributed by atoms with Gasteiger partial charge in [-0.1, -0.05) is 66.7 Å². The van der Waals surface area contributed by atoms with Crippen molar-refractivity contribution in [3.05, 3.63) is 101 Å². The van der Waals surface area contributed by atoms with Crippen molar-refractivity contribution in [3.8, 4) is 5.75 Å². The Hall–Kier alpha value is -3.07. The molecule has 27 heavy (non-hydrogen) atoms. The van der Waals surface area contributed by atoms with Crippen molar-refractivity contribution in [2.24, 2.45) is 0 Å². The zero-order valence-electron chi connectivity index (χ0n) is 15.8. The lowest BCUT2D eigenvalue weighted by molar-refractivity contribution is -0.121. The second kappa shape index (κ2) is 9.04. The zero-order chi connectivity index (χ0) is 19.1. The van der Waals surface area contributed by atoms with Gasteiger partial charge in [-0.2, -0.15) is 0 Å². The van der Waals surface area contributed by atoms with E-state index in [4.69, 9.17) is 4.74 Å². The van der Waals surface area contributed by atoms with Gasteiger partial charge in [0.2, 0.25) is 5.91 Å². The van der Waals surface area contributed by atoms with E-state index in [1.54, 1.807) is 0 Å². The second-order valence-electron chi connectivity index (χ2n) is 6.72. The zero-order valence-corrected chi connectivity index (χ0v) is 15.8. The maximum Gasteiger partial charge on any atom is 0.232 e. The molecule has 0 fully saturated rings. The first kappa shape index (κ1) is 18.7. The Kier molecular flexibility index (Phi) is 6.26. The van der Waals surface area contributed by atoms with E-state index in [0.717, 1.165) is 16.9 Å². The van der Waals surface area contributed by atoms with Gasteiger partial charge in [-0.25, -0.2) is 0 Å². The lowest BCUT2D eigenvalue weighted by Gasteiger charge is -2.18. The van der Waals surface area contributed by atoms with E-state index in [1.807, 2.05) is 86.6 Å². The first-order valence-corrected chi connectivity index (χ1v) is 9.22. The average Bonchev–Trinajstić information content (AvgIpc) is 2.66. The van der Waals surface area contributed by atoms with Crippen molar-refractivity contribution in [2.75, 3.05) is 13.2 Å². The van der Waals surface area contributed by atoms with Crippen LogP contribution >= 0.6 is 0 Å². The number of hydrogen-bond acceptors (Lipinski definition) is 2. The molecule has 0 saturated carbocycles. The highest BCUT2D eigenvalue weighted by atomic mass is 16.5. The molecule has 0 aliphatic rings. The SMILES string of the molecule is Cc1cc(C)cc(OCCNC(=O)C(c2ccccc2)c2ccccc2)c1. The molecule has 3 aromatic carbocycles.